The number of nitrogens with zero attached hydrogens (tertiary/aromatic N) is 6. The van der Waals surface area contributed by atoms with Gasteiger partial charge in [-0.1, -0.05) is 30.3 Å². The minimum atomic E-state index is -3.27. The van der Waals surface area contributed by atoms with Crippen LogP contribution in [0.5, 0.6) is 0 Å². The first-order valence-electron chi connectivity index (χ1n) is 14.8. The van der Waals surface area contributed by atoms with Crippen molar-refractivity contribution >= 4 is 22.4 Å². The summed E-state index contributed by atoms with van der Waals surface area (Å²) in [5.41, 5.74) is 3.85. The number of amides is 1. The fraction of sp³-hybridized carbons (Fsp3) is 0.406. The number of benzene rings is 1. The molecule has 12 heteroatoms. The smallest absolute Gasteiger partial charge is 0.233 e. The normalized spacial score (nSPS) is 18.2. The number of anilines is 1. The van der Waals surface area contributed by atoms with Gasteiger partial charge in [-0.15, -0.1) is 15.9 Å². The number of ether oxygens (including phenoxy) is 1. The average molecular weight is 620 g/mol. The van der Waals surface area contributed by atoms with Crippen molar-refractivity contribution in [2.45, 2.75) is 71.7 Å². The quantitative estimate of drug-likeness (QED) is 0.194. The zero-order chi connectivity index (χ0) is 31.5. The Hall–Kier alpha value is -3.68. The minimum absolute atomic E-state index is 0.158. The number of hydrogen-bond acceptors (Lipinski definition) is 9. The molecule has 234 valence electrons. The number of aromatic nitrogens is 5. The van der Waals surface area contributed by atoms with Gasteiger partial charge in [0.1, 0.15) is 5.69 Å². The number of fused-ring (bicyclic) bond motifs is 1. The first kappa shape index (κ1) is 31.7. The summed E-state index contributed by atoms with van der Waals surface area (Å²) in [5.74, 6) is -0.0227. The summed E-state index contributed by atoms with van der Waals surface area (Å²) in [4.78, 5) is 22.5. The Kier molecular flexibility index (Phi) is 9.47. The third-order valence-electron chi connectivity index (χ3n) is 8.10. The Morgan fingerprint density at radius 1 is 1.18 bits per heavy atom. The zero-order valence-corrected chi connectivity index (χ0v) is 26.7. The molecule has 3 N–H and O–H groups in total. The van der Waals surface area contributed by atoms with Crippen LogP contribution in [0.4, 0.5) is 5.69 Å². The van der Waals surface area contributed by atoms with E-state index >= 15 is 0 Å². The molecule has 0 bridgehead atoms. The number of aryl methyl sites for hydroxylation is 2. The second-order valence-electron chi connectivity index (χ2n) is 12.0. The molecular weight excluding hydrogens is 578 g/mol. The molecular formula is C32H41N7O4S. The first-order valence-corrected chi connectivity index (χ1v) is 16.3. The van der Waals surface area contributed by atoms with Gasteiger partial charge in [0.25, 0.3) is 0 Å². The van der Waals surface area contributed by atoms with Crippen LogP contribution in [0.1, 0.15) is 61.7 Å². The van der Waals surface area contributed by atoms with Gasteiger partial charge in [0.05, 0.1) is 47.3 Å². The van der Waals surface area contributed by atoms with E-state index in [2.05, 4.69) is 32.5 Å². The van der Waals surface area contributed by atoms with E-state index in [-0.39, 0.29) is 18.4 Å². The Labute approximate surface area is 260 Å². The average Bonchev–Trinajstić information content (AvgIpc) is 3.43. The van der Waals surface area contributed by atoms with Gasteiger partial charge in [0.2, 0.25) is 5.91 Å². The van der Waals surface area contributed by atoms with E-state index in [0.29, 0.717) is 35.9 Å². The standard InChI is InChI=1S/C32H41N7O4S/c1-6-38-20-28(36-37-38)21-43-30(32(4,5)31(40)35-27-8-7-12-33-16-27)25-10-9-23(3)26(15-25)19-39-18-22(2)14-24-11-13-34-17-29(24)44(39,41)42/h7-13,15-17,20,22,30,41-42H,6,14,18-19,21H2,1-5H3,(H,35,40). The van der Waals surface area contributed by atoms with Gasteiger partial charge in [-0.3, -0.25) is 28.5 Å². The van der Waals surface area contributed by atoms with E-state index in [1.165, 1.54) is 0 Å². The molecule has 4 heterocycles. The number of hydrogen-bond donors (Lipinski definition) is 3. The molecule has 0 saturated heterocycles. The Bertz CT molecular complexity index is 1590. The van der Waals surface area contributed by atoms with Gasteiger partial charge in [-0.25, -0.2) is 0 Å². The predicted molar refractivity (Wildman–Crippen MR) is 170 cm³/mol. The summed E-state index contributed by atoms with van der Waals surface area (Å²) < 4.78 is 33.0. The van der Waals surface area contributed by atoms with Gasteiger partial charge < -0.3 is 10.1 Å². The highest BCUT2D eigenvalue weighted by Gasteiger charge is 2.40. The van der Waals surface area contributed by atoms with E-state index in [1.807, 2.05) is 58.2 Å². The minimum Gasteiger partial charge on any atom is -0.366 e. The van der Waals surface area contributed by atoms with E-state index in [4.69, 9.17) is 4.74 Å². The largest absolute Gasteiger partial charge is 0.366 e. The van der Waals surface area contributed by atoms with Crippen LogP contribution in [0.3, 0.4) is 0 Å². The summed E-state index contributed by atoms with van der Waals surface area (Å²) >= 11 is 0. The number of carbonyl (C=O) groups excluding carboxylic acids is 1. The summed E-state index contributed by atoms with van der Waals surface area (Å²) in [6.07, 6.45) is 8.42. The second kappa shape index (κ2) is 13.1. The topological polar surface area (TPSA) is 139 Å². The summed E-state index contributed by atoms with van der Waals surface area (Å²) in [6, 6.07) is 11.4. The fourth-order valence-electron chi connectivity index (χ4n) is 5.52. The first-order chi connectivity index (χ1) is 21.0. The predicted octanol–water partition coefficient (Wildman–Crippen LogP) is 6.04. The van der Waals surface area contributed by atoms with Crippen molar-refractivity contribution in [2.24, 2.45) is 11.3 Å². The van der Waals surface area contributed by atoms with E-state index < -0.39 is 22.3 Å². The van der Waals surface area contributed by atoms with E-state index in [9.17, 15) is 13.9 Å². The molecule has 5 rings (SSSR count). The lowest BCUT2D eigenvalue weighted by Gasteiger charge is -2.43. The molecule has 0 fully saturated rings. The van der Waals surface area contributed by atoms with Crippen molar-refractivity contribution in [2.75, 3.05) is 11.9 Å². The molecule has 0 radical (unpaired) electrons. The molecule has 1 aliphatic rings. The van der Waals surface area contributed by atoms with Gasteiger partial charge in [-0.05, 0) is 80.5 Å². The molecule has 2 unspecified atom stereocenters. The van der Waals surface area contributed by atoms with Crippen molar-refractivity contribution in [3.05, 3.63) is 95.3 Å². The highest BCUT2D eigenvalue weighted by molar-refractivity contribution is 8.22. The van der Waals surface area contributed by atoms with Crippen molar-refractivity contribution < 1.29 is 18.6 Å². The molecule has 4 aromatic rings. The van der Waals surface area contributed by atoms with E-state index in [1.54, 1.807) is 45.9 Å². The van der Waals surface area contributed by atoms with Gasteiger partial charge in [-0.2, -0.15) is 4.31 Å². The van der Waals surface area contributed by atoms with Gasteiger partial charge in [0, 0.05) is 32.0 Å². The van der Waals surface area contributed by atoms with Crippen molar-refractivity contribution in [3.63, 3.8) is 0 Å². The van der Waals surface area contributed by atoms with Crippen molar-refractivity contribution in [3.8, 4) is 0 Å². The lowest BCUT2D eigenvalue weighted by atomic mass is 9.80. The SMILES string of the molecule is CCn1cc(COC(c2ccc(C)c(CN3CC(C)Cc4ccncc4S3(O)O)c2)C(C)(C)C(=O)Nc2cccnc2)nn1. The van der Waals surface area contributed by atoms with Crippen molar-refractivity contribution in [1.82, 2.24) is 29.3 Å². The molecule has 0 saturated carbocycles. The maximum absolute atomic E-state index is 13.7. The van der Waals surface area contributed by atoms with Crippen molar-refractivity contribution in [1.29, 1.82) is 0 Å². The van der Waals surface area contributed by atoms with Crippen LogP contribution in [-0.4, -0.2) is 50.8 Å². The van der Waals surface area contributed by atoms with Crippen LogP contribution < -0.4 is 5.32 Å². The molecule has 1 aliphatic heterocycles. The second-order valence-corrected chi connectivity index (χ2v) is 14.0. The number of carbonyl (C=O) groups is 1. The Morgan fingerprint density at radius 3 is 2.70 bits per heavy atom. The number of pyridine rings is 2. The summed E-state index contributed by atoms with van der Waals surface area (Å²) in [7, 11) is -3.27. The van der Waals surface area contributed by atoms with Crippen LogP contribution in [-0.2, 0) is 35.6 Å². The highest BCUT2D eigenvalue weighted by Crippen LogP contribution is 2.55. The lowest BCUT2D eigenvalue weighted by molar-refractivity contribution is -0.134. The van der Waals surface area contributed by atoms with Crippen LogP contribution in [0.2, 0.25) is 0 Å². The third kappa shape index (κ3) is 6.84. The highest BCUT2D eigenvalue weighted by atomic mass is 32.3. The molecule has 0 spiro atoms. The third-order valence-corrected chi connectivity index (χ3v) is 10.1. The maximum atomic E-state index is 13.7. The summed E-state index contributed by atoms with van der Waals surface area (Å²) in [5, 5.41) is 11.3. The Morgan fingerprint density at radius 2 is 1.98 bits per heavy atom. The molecule has 3 aromatic heterocycles. The molecule has 2 atom stereocenters. The zero-order valence-electron chi connectivity index (χ0n) is 25.8. The van der Waals surface area contributed by atoms with Crippen LogP contribution in [0, 0.1) is 18.3 Å². The van der Waals surface area contributed by atoms with Crippen LogP contribution in [0.15, 0.2) is 72.3 Å². The number of rotatable bonds is 10. The fourth-order valence-corrected chi connectivity index (χ4v) is 7.29. The molecule has 0 aliphatic carbocycles. The lowest BCUT2D eigenvalue weighted by Crippen LogP contribution is -2.38. The monoisotopic (exact) mass is 619 g/mol. The molecule has 1 aromatic carbocycles. The molecule has 44 heavy (non-hydrogen) atoms. The van der Waals surface area contributed by atoms with Gasteiger partial charge in [0.15, 0.2) is 0 Å². The molecule has 1 amide bonds. The Balaban J connectivity index is 1.47. The maximum Gasteiger partial charge on any atom is 0.233 e. The van der Waals surface area contributed by atoms with Crippen LogP contribution >= 0.6 is 10.8 Å². The van der Waals surface area contributed by atoms with E-state index in [0.717, 1.165) is 28.7 Å². The molecule has 11 nitrogen and oxygen atoms in total. The van der Waals surface area contributed by atoms with Crippen LogP contribution in [0.25, 0.3) is 0 Å². The summed E-state index contributed by atoms with van der Waals surface area (Å²) in [6.45, 7) is 11.5. The van der Waals surface area contributed by atoms with Gasteiger partial charge >= 0.3 is 0 Å². The number of nitrogens with one attached hydrogen (secondary N) is 1.